The Morgan fingerprint density at radius 1 is 1.00 bits per heavy atom. The predicted molar refractivity (Wildman–Crippen MR) is 155 cm³/mol. The summed E-state index contributed by atoms with van der Waals surface area (Å²) >= 11 is 4.43. The maximum Gasteiger partial charge on any atom is 0.266 e. The first kappa shape index (κ1) is 25.0. The van der Waals surface area contributed by atoms with Crippen LogP contribution in [0.2, 0.25) is 0 Å². The topological polar surface area (TPSA) is 71.3 Å². The number of fused-ring (bicyclic) bond motifs is 1. The van der Waals surface area contributed by atoms with Crippen LogP contribution < -0.4 is 14.8 Å². The molecular weight excluding hydrogens is 666 g/mol. The molecule has 0 saturated heterocycles. The molecule has 0 atom stereocenters. The van der Waals surface area contributed by atoms with Gasteiger partial charge < -0.3 is 14.8 Å². The van der Waals surface area contributed by atoms with Gasteiger partial charge in [-0.2, -0.15) is 5.26 Å². The molecule has 35 heavy (non-hydrogen) atoms. The van der Waals surface area contributed by atoms with Gasteiger partial charge in [0.2, 0.25) is 0 Å². The number of para-hydroxylation sites is 2. The van der Waals surface area contributed by atoms with E-state index >= 15 is 0 Å². The molecule has 174 valence electrons. The number of ether oxygens (including phenoxy) is 2. The number of benzene rings is 4. The van der Waals surface area contributed by atoms with E-state index in [0.29, 0.717) is 18.0 Å². The van der Waals surface area contributed by atoms with Gasteiger partial charge in [0.05, 0.1) is 19.9 Å². The number of carbonyl (C=O) groups excluding carboxylic acids is 1. The summed E-state index contributed by atoms with van der Waals surface area (Å²) in [7, 11) is 1.53. The highest BCUT2D eigenvalue weighted by molar-refractivity contribution is 14.1. The minimum atomic E-state index is -0.502. The summed E-state index contributed by atoms with van der Waals surface area (Å²) in [5, 5.41) is 14.7. The molecule has 0 unspecified atom stereocenters. The van der Waals surface area contributed by atoms with Gasteiger partial charge in [0.25, 0.3) is 5.91 Å². The van der Waals surface area contributed by atoms with Crippen LogP contribution in [-0.2, 0) is 11.4 Å². The van der Waals surface area contributed by atoms with E-state index in [-0.39, 0.29) is 5.57 Å². The van der Waals surface area contributed by atoms with Gasteiger partial charge in [-0.05, 0) is 97.4 Å². The van der Waals surface area contributed by atoms with Gasteiger partial charge in [0, 0.05) is 0 Å². The Morgan fingerprint density at radius 3 is 2.43 bits per heavy atom. The third-order valence-corrected chi connectivity index (χ3v) is 6.91. The second-order valence-electron chi connectivity index (χ2n) is 7.56. The third kappa shape index (κ3) is 5.94. The van der Waals surface area contributed by atoms with Crippen LogP contribution in [0, 0.1) is 18.5 Å². The van der Waals surface area contributed by atoms with E-state index in [2.05, 4.69) is 74.8 Å². The Kier molecular flexibility index (Phi) is 8.25. The van der Waals surface area contributed by atoms with Gasteiger partial charge in [0.1, 0.15) is 29.7 Å². The Morgan fingerprint density at radius 2 is 1.69 bits per heavy atom. The molecule has 0 aliphatic carbocycles. The minimum Gasteiger partial charge on any atom is -0.495 e. The molecule has 0 fully saturated rings. The third-order valence-electron chi connectivity index (χ3n) is 5.30. The molecule has 1 amide bonds. The van der Waals surface area contributed by atoms with Crippen molar-refractivity contribution >= 4 is 73.6 Å². The highest BCUT2D eigenvalue weighted by atomic mass is 127. The quantitative estimate of drug-likeness (QED) is 0.127. The Balaban J connectivity index is 1.54. The van der Waals surface area contributed by atoms with E-state index < -0.39 is 5.91 Å². The average Bonchev–Trinajstić information content (AvgIpc) is 2.87. The second-order valence-corrected chi connectivity index (χ2v) is 9.89. The van der Waals surface area contributed by atoms with Gasteiger partial charge in [0.15, 0.2) is 0 Å². The minimum absolute atomic E-state index is 0.00747. The summed E-state index contributed by atoms with van der Waals surface area (Å²) < 4.78 is 13.3. The molecule has 0 aliphatic heterocycles. The SMILES string of the molecule is COc1ccccc1NC(=O)/C(C#N)=C\c1cc(I)c(OCc2cccc3ccccc23)c(I)c1. The number of anilines is 1. The van der Waals surface area contributed by atoms with Crippen molar-refractivity contribution in [3.05, 3.63) is 103 Å². The fourth-order valence-electron chi connectivity index (χ4n) is 3.62. The van der Waals surface area contributed by atoms with Crippen LogP contribution in [0.4, 0.5) is 5.69 Å². The van der Waals surface area contributed by atoms with E-state index in [1.54, 1.807) is 24.3 Å². The molecule has 4 aromatic carbocycles. The average molecular weight is 686 g/mol. The largest absolute Gasteiger partial charge is 0.495 e. The number of rotatable bonds is 7. The number of hydrogen-bond acceptors (Lipinski definition) is 4. The summed E-state index contributed by atoms with van der Waals surface area (Å²) in [6.45, 7) is 0.438. The summed E-state index contributed by atoms with van der Waals surface area (Å²) in [6.07, 6.45) is 1.57. The van der Waals surface area contributed by atoms with Gasteiger partial charge in [-0.15, -0.1) is 0 Å². The van der Waals surface area contributed by atoms with Gasteiger partial charge in [-0.3, -0.25) is 4.79 Å². The number of nitrogens with one attached hydrogen (secondary N) is 1. The summed E-state index contributed by atoms with van der Waals surface area (Å²) in [5.74, 6) is 0.793. The Bertz CT molecular complexity index is 1450. The molecule has 0 bridgehead atoms. The van der Waals surface area contributed by atoms with Crippen molar-refractivity contribution < 1.29 is 14.3 Å². The number of nitriles is 1. The number of hydrogen-bond donors (Lipinski definition) is 1. The molecule has 0 aliphatic rings. The molecule has 0 spiro atoms. The molecule has 0 saturated carbocycles. The van der Waals surface area contributed by atoms with Crippen LogP contribution in [0.15, 0.2) is 84.4 Å². The van der Waals surface area contributed by atoms with Crippen LogP contribution in [0.25, 0.3) is 16.8 Å². The molecule has 0 radical (unpaired) electrons. The fraction of sp³-hybridized carbons (Fsp3) is 0.0714. The van der Waals surface area contributed by atoms with Gasteiger partial charge in [-0.25, -0.2) is 0 Å². The second kappa shape index (κ2) is 11.6. The Hall–Kier alpha value is -3.10. The number of amides is 1. The van der Waals surface area contributed by atoms with Crippen molar-refractivity contribution in [3.8, 4) is 17.6 Å². The van der Waals surface area contributed by atoms with Crippen molar-refractivity contribution in [1.82, 2.24) is 0 Å². The predicted octanol–water partition coefficient (Wildman–Crippen LogP) is 7.18. The zero-order valence-electron chi connectivity index (χ0n) is 18.7. The lowest BCUT2D eigenvalue weighted by Crippen LogP contribution is -2.14. The number of halogens is 2. The standard InChI is InChI=1S/C28H20I2N2O3/c1-34-26-12-5-4-11-25(26)32-28(33)21(16-31)13-18-14-23(29)27(24(30)15-18)35-17-20-9-6-8-19-7-2-3-10-22(19)20/h2-15H,17H2,1H3,(H,32,33)/b21-13-. The summed E-state index contributed by atoms with van der Waals surface area (Å²) in [6, 6.07) is 27.3. The number of methoxy groups -OCH3 is 1. The van der Waals surface area contributed by atoms with Crippen LogP contribution in [0.5, 0.6) is 11.5 Å². The van der Waals surface area contributed by atoms with E-state index in [0.717, 1.165) is 24.0 Å². The van der Waals surface area contributed by atoms with Crippen LogP contribution in [0.1, 0.15) is 11.1 Å². The fourth-order valence-corrected chi connectivity index (χ4v) is 5.75. The van der Waals surface area contributed by atoms with Crippen LogP contribution in [-0.4, -0.2) is 13.0 Å². The first-order valence-electron chi connectivity index (χ1n) is 10.6. The molecule has 7 heteroatoms. The lowest BCUT2D eigenvalue weighted by molar-refractivity contribution is -0.112. The zero-order valence-corrected chi connectivity index (χ0v) is 23.0. The first-order chi connectivity index (χ1) is 17.0. The van der Waals surface area contributed by atoms with Crippen LogP contribution in [0.3, 0.4) is 0 Å². The highest BCUT2D eigenvalue weighted by Crippen LogP contribution is 2.31. The van der Waals surface area contributed by atoms with E-state index in [4.69, 9.17) is 9.47 Å². The summed E-state index contributed by atoms with van der Waals surface area (Å²) in [5.41, 5.74) is 2.34. The molecule has 1 N–H and O–H groups in total. The molecule has 0 aromatic heterocycles. The molecule has 4 rings (SSSR count). The first-order valence-corrected chi connectivity index (χ1v) is 12.8. The molecule has 5 nitrogen and oxygen atoms in total. The molecule has 4 aromatic rings. The van der Waals surface area contributed by atoms with Crippen molar-refractivity contribution in [2.45, 2.75) is 6.61 Å². The van der Waals surface area contributed by atoms with Gasteiger partial charge in [-0.1, -0.05) is 54.6 Å². The van der Waals surface area contributed by atoms with E-state index in [9.17, 15) is 10.1 Å². The maximum absolute atomic E-state index is 12.7. The zero-order chi connectivity index (χ0) is 24.8. The molecular formula is C28H20I2N2O3. The normalized spacial score (nSPS) is 11.1. The monoisotopic (exact) mass is 686 g/mol. The number of carbonyl (C=O) groups is 1. The lowest BCUT2D eigenvalue weighted by atomic mass is 10.1. The number of nitrogens with zero attached hydrogens (tertiary/aromatic N) is 1. The van der Waals surface area contributed by atoms with Crippen molar-refractivity contribution in [2.75, 3.05) is 12.4 Å². The van der Waals surface area contributed by atoms with Crippen molar-refractivity contribution in [2.24, 2.45) is 0 Å². The highest BCUT2D eigenvalue weighted by Gasteiger charge is 2.14. The Labute approximate surface area is 231 Å². The smallest absolute Gasteiger partial charge is 0.266 e. The van der Waals surface area contributed by atoms with Crippen molar-refractivity contribution in [3.63, 3.8) is 0 Å². The maximum atomic E-state index is 12.7. The van der Waals surface area contributed by atoms with Crippen molar-refractivity contribution in [1.29, 1.82) is 5.26 Å². The lowest BCUT2D eigenvalue weighted by Gasteiger charge is -2.13. The van der Waals surface area contributed by atoms with Crippen LogP contribution >= 0.6 is 45.2 Å². The van der Waals surface area contributed by atoms with Gasteiger partial charge >= 0.3 is 0 Å². The van der Waals surface area contributed by atoms with E-state index in [1.165, 1.54) is 17.9 Å². The molecule has 0 heterocycles. The summed E-state index contributed by atoms with van der Waals surface area (Å²) in [4.78, 5) is 12.7. The van der Waals surface area contributed by atoms with E-state index in [1.807, 2.05) is 42.5 Å².